The molecule has 6 nitrogen and oxygen atoms in total. The Hall–Kier alpha value is -2.58. The summed E-state index contributed by atoms with van der Waals surface area (Å²) in [4.78, 5) is 51.7. The van der Waals surface area contributed by atoms with Crippen molar-refractivity contribution < 1.29 is 25.7 Å². The second-order valence-electron chi connectivity index (χ2n) is 6.97. The van der Waals surface area contributed by atoms with E-state index in [0.29, 0.717) is 42.2 Å². The van der Waals surface area contributed by atoms with Gasteiger partial charge in [0.25, 0.3) is 0 Å². The number of carbonyl (C=O) groups is 4. The van der Waals surface area contributed by atoms with E-state index in [1.165, 1.54) is 4.90 Å². The molecule has 0 radical (unpaired) electrons. The molecule has 1 fully saturated rings. The van der Waals surface area contributed by atoms with Gasteiger partial charge in [0.15, 0.2) is 0 Å². The summed E-state index contributed by atoms with van der Waals surface area (Å²) in [6, 6.07) is 15.7. The summed E-state index contributed by atoms with van der Waals surface area (Å²) < 4.78 is 8.91. The minimum Gasteiger partial charge on any atom is -0.480 e. The van der Waals surface area contributed by atoms with Crippen molar-refractivity contribution in [3.05, 3.63) is 71.8 Å². The van der Waals surface area contributed by atoms with Gasteiger partial charge in [0, 0.05) is 23.4 Å². The van der Waals surface area contributed by atoms with Gasteiger partial charge in [-0.15, -0.1) is 0 Å². The van der Waals surface area contributed by atoms with E-state index in [1.807, 2.05) is 0 Å². The number of piperidine rings is 1. The number of aliphatic carboxylic acids is 1. The lowest BCUT2D eigenvalue weighted by Crippen LogP contribution is -2.51. The van der Waals surface area contributed by atoms with Crippen LogP contribution in [0.5, 0.6) is 0 Å². The van der Waals surface area contributed by atoms with Gasteiger partial charge in [0.1, 0.15) is 11.3 Å². The highest BCUT2D eigenvalue weighted by Gasteiger charge is 2.37. The molecule has 8 heteroatoms. The van der Waals surface area contributed by atoms with Crippen LogP contribution in [0.4, 0.5) is 0 Å². The molecule has 1 amide bonds. The summed E-state index contributed by atoms with van der Waals surface area (Å²) in [6.07, 6.45) is 1.59. The first kappa shape index (κ1) is 21.6. The van der Waals surface area contributed by atoms with Gasteiger partial charge in [0.2, 0.25) is 16.1 Å². The van der Waals surface area contributed by atoms with Crippen LogP contribution < -0.4 is 0 Å². The topological polar surface area (TPSA) is 91.8 Å². The van der Waals surface area contributed by atoms with Crippen LogP contribution in [0.1, 0.15) is 41.3 Å². The molecule has 0 aliphatic carbocycles. The molecule has 31 heavy (non-hydrogen) atoms. The molecular formula is C23H23NO5S2. The van der Waals surface area contributed by atoms with Crippen LogP contribution in [0.2, 0.25) is 0 Å². The predicted molar refractivity (Wildman–Crippen MR) is 122 cm³/mol. The van der Waals surface area contributed by atoms with E-state index in [2.05, 4.69) is 0 Å². The Morgan fingerprint density at radius 1 is 0.968 bits per heavy atom. The highest BCUT2D eigenvalue weighted by atomic mass is 32.2. The number of hydrogen-bond acceptors (Lipinski definition) is 6. The Labute approximate surface area is 190 Å². The number of hydrogen-bond donors (Lipinski definition) is 1. The van der Waals surface area contributed by atoms with Crippen LogP contribution in [-0.2, 0) is 9.59 Å². The molecule has 1 heterocycles. The average molecular weight is 459 g/mol. The minimum absolute atomic E-state index is 0.202. The fourth-order valence-electron chi connectivity index (χ4n) is 3.26. The lowest BCUT2D eigenvalue weighted by Gasteiger charge is -2.35. The first-order valence-corrected chi connectivity index (χ1v) is 11.7. The molecule has 162 valence electrons. The standard InChI is InChI=1S/C23H23NO5S2/c25-20(24-14-8-7-13-18(24)21(26)27)19(31-23(29)17-11-5-2-6-12-17)15-30-22(28)16-9-3-1-4-10-16/h1-6,9-12,18-19H,7-8,13-15H2,(H,26,27)/i19D. The summed E-state index contributed by atoms with van der Waals surface area (Å²) in [5, 5.41) is 6.71. The molecule has 0 spiro atoms. The van der Waals surface area contributed by atoms with E-state index in [4.69, 9.17) is 1.37 Å². The number of nitrogens with zero attached hydrogens (tertiary/aromatic N) is 1. The Bertz CT molecular complexity index is 988. The summed E-state index contributed by atoms with van der Waals surface area (Å²) >= 11 is 1.30. The van der Waals surface area contributed by atoms with Gasteiger partial charge in [0.05, 0.1) is 1.37 Å². The van der Waals surface area contributed by atoms with Gasteiger partial charge in [-0.25, -0.2) is 4.79 Å². The van der Waals surface area contributed by atoms with Crippen LogP contribution in [0.25, 0.3) is 0 Å². The molecular weight excluding hydrogens is 434 g/mol. The van der Waals surface area contributed by atoms with Crippen molar-refractivity contribution in [1.82, 2.24) is 4.90 Å². The number of benzene rings is 2. The van der Waals surface area contributed by atoms with Crippen molar-refractivity contribution in [2.24, 2.45) is 0 Å². The molecule has 1 aliphatic heterocycles. The summed E-state index contributed by atoms with van der Waals surface area (Å²) in [7, 11) is 0. The van der Waals surface area contributed by atoms with Gasteiger partial charge >= 0.3 is 5.97 Å². The third kappa shape index (κ3) is 6.21. The fraction of sp³-hybridized carbons (Fsp3) is 0.304. The zero-order chi connectivity index (χ0) is 23.1. The molecule has 2 unspecified atom stereocenters. The predicted octanol–water partition coefficient (Wildman–Crippen LogP) is 3.97. The zero-order valence-corrected chi connectivity index (χ0v) is 18.4. The van der Waals surface area contributed by atoms with Crippen LogP contribution >= 0.6 is 23.5 Å². The lowest BCUT2D eigenvalue weighted by molar-refractivity contribution is -0.151. The van der Waals surface area contributed by atoms with Gasteiger partial charge in [-0.3, -0.25) is 14.4 Å². The highest BCUT2D eigenvalue weighted by Crippen LogP contribution is 2.28. The third-order valence-corrected chi connectivity index (χ3v) is 6.96. The Morgan fingerprint density at radius 3 is 2.13 bits per heavy atom. The van der Waals surface area contributed by atoms with E-state index in [9.17, 15) is 24.3 Å². The SMILES string of the molecule is [2H]C(CSC(=O)c1ccccc1)(SC(=O)c1ccccc1)C(=O)N1CCCCC1C(=O)O. The third-order valence-electron chi connectivity index (χ3n) is 4.86. The molecule has 2 aromatic rings. The van der Waals surface area contributed by atoms with E-state index in [0.717, 1.165) is 11.8 Å². The second-order valence-corrected chi connectivity index (χ2v) is 8.99. The molecule has 1 aliphatic rings. The Morgan fingerprint density at radius 2 is 1.55 bits per heavy atom. The van der Waals surface area contributed by atoms with Gasteiger partial charge in [-0.05, 0) is 19.3 Å². The van der Waals surface area contributed by atoms with E-state index >= 15 is 0 Å². The summed E-state index contributed by atoms with van der Waals surface area (Å²) in [5.41, 5.74) is 0.753. The number of rotatable bonds is 7. The monoisotopic (exact) mass is 458 g/mol. The van der Waals surface area contributed by atoms with E-state index in [-0.39, 0.29) is 17.4 Å². The van der Waals surface area contributed by atoms with Crippen LogP contribution in [-0.4, -0.2) is 55.7 Å². The van der Waals surface area contributed by atoms with Crippen molar-refractivity contribution in [2.45, 2.75) is 30.5 Å². The van der Waals surface area contributed by atoms with Crippen molar-refractivity contribution in [1.29, 1.82) is 0 Å². The maximum atomic E-state index is 13.4. The molecule has 3 rings (SSSR count). The quantitative estimate of drug-likeness (QED) is 0.671. The average Bonchev–Trinajstić information content (AvgIpc) is 2.83. The molecule has 0 bridgehead atoms. The fourth-order valence-corrected chi connectivity index (χ4v) is 5.04. The molecule has 1 saturated heterocycles. The number of likely N-dealkylation sites (tertiary alicyclic amines) is 1. The first-order chi connectivity index (χ1) is 15.3. The molecule has 1 N–H and O–H groups in total. The maximum absolute atomic E-state index is 13.4. The zero-order valence-electron chi connectivity index (χ0n) is 17.7. The largest absolute Gasteiger partial charge is 0.480 e. The number of thioether (sulfide) groups is 2. The maximum Gasteiger partial charge on any atom is 0.326 e. The summed E-state index contributed by atoms with van der Waals surface area (Å²) in [6.45, 7) is 0.202. The van der Waals surface area contributed by atoms with Crippen molar-refractivity contribution in [3.8, 4) is 0 Å². The van der Waals surface area contributed by atoms with Crippen molar-refractivity contribution in [3.63, 3.8) is 0 Å². The molecule has 2 atom stereocenters. The van der Waals surface area contributed by atoms with E-state index in [1.54, 1.807) is 60.7 Å². The highest BCUT2D eigenvalue weighted by molar-refractivity contribution is 8.18. The van der Waals surface area contributed by atoms with Gasteiger partial charge < -0.3 is 10.0 Å². The molecule has 0 aromatic heterocycles. The first-order valence-electron chi connectivity index (χ1n) is 10.4. The normalized spacial score (nSPS) is 18.5. The number of amides is 1. The lowest BCUT2D eigenvalue weighted by atomic mass is 10.0. The van der Waals surface area contributed by atoms with Crippen molar-refractivity contribution in [2.75, 3.05) is 12.3 Å². The number of carboxylic acid groups (broad SMARTS) is 1. The molecule has 2 aromatic carbocycles. The van der Waals surface area contributed by atoms with Crippen LogP contribution in [0.15, 0.2) is 60.7 Å². The second kappa shape index (κ2) is 11.2. The minimum atomic E-state index is -2.05. The van der Waals surface area contributed by atoms with Gasteiger partial charge in [-0.2, -0.15) is 0 Å². The Balaban J connectivity index is 1.85. The molecule has 0 saturated carbocycles. The van der Waals surface area contributed by atoms with Crippen LogP contribution in [0, 0.1) is 0 Å². The summed E-state index contributed by atoms with van der Waals surface area (Å²) in [5.74, 6) is -2.17. The number of carboxylic acids is 1. The van der Waals surface area contributed by atoms with E-state index < -0.39 is 28.3 Å². The van der Waals surface area contributed by atoms with Gasteiger partial charge in [-0.1, -0.05) is 84.2 Å². The smallest absolute Gasteiger partial charge is 0.326 e. The number of carbonyl (C=O) groups excluding carboxylic acids is 3. The Kier molecular flexibility index (Phi) is 7.79. The van der Waals surface area contributed by atoms with Crippen LogP contribution in [0.3, 0.4) is 0 Å². The van der Waals surface area contributed by atoms with Crippen molar-refractivity contribution >= 4 is 45.6 Å².